The summed E-state index contributed by atoms with van der Waals surface area (Å²) in [7, 11) is 1.63. The average Bonchev–Trinajstić information content (AvgIpc) is 2.90. The summed E-state index contributed by atoms with van der Waals surface area (Å²) >= 11 is 0. The van der Waals surface area contributed by atoms with Crippen molar-refractivity contribution in [1.82, 2.24) is 9.78 Å². The van der Waals surface area contributed by atoms with Crippen molar-refractivity contribution in [3.05, 3.63) is 41.7 Å². The lowest BCUT2D eigenvalue weighted by Crippen LogP contribution is -2.19. The first kappa shape index (κ1) is 14.4. The van der Waals surface area contributed by atoms with Crippen LogP contribution in [-0.4, -0.2) is 23.5 Å². The molecule has 2 aromatic rings. The molecule has 108 valence electrons. The van der Waals surface area contributed by atoms with E-state index in [-0.39, 0.29) is 6.04 Å². The van der Waals surface area contributed by atoms with Crippen molar-refractivity contribution in [2.75, 3.05) is 13.7 Å². The Balaban J connectivity index is 2.45. The molecule has 0 spiro atoms. The molecule has 2 rings (SSSR count). The zero-order chi connectivity index (χ0) is 14.5. The largest absolute Gasteiger partial charge is 0.494 e. The van der Waals surface area contributed by atoms with E-state index in [1.807, 2.05) is 42.8 Å². The molecule has 0 aliphatic carbocycles. The summed E-state index contributed by atoms with van der Waals surface area (Å²) in [4.78, 5) is 0. The minimum absolute atomic E-state index is 0.338. The lowest BCUT2D eigenvalue weighted by Gasteiger charge is -2.18. The van der Waals surface area contributed by atoms with Gasteiger partial charge < -0.3 is 15.2 Å². The number of rotatable bonds is 6. The van der Waals surface area contributed by atoms with Gasteiger partial charge in [0.05, 0.1) is 26.0 Å². The van der Waals surface area contributed by atoms with Gasteiger partial charge in [0.2, 0.25) is 0 Å². The van der Waals surface area contributed by atoms with Gasteiger partial charge in [0.1, 0.15) is 11.4 Å². The van der Waals surface area contributed by atoms with E-state index >= 15 is 0 Å². The van der Waals surface area contributed by atoms with Crippen LogP contribution in [0.1, 0.15) is 31.1 Å². The Labute approximate surface area is 119 Å². The molecule has 2 N–H and O–H groups in total. The third kappa shape index (κ3) is 2.63. The Kier molecular flexibility index (Phi) is 4.63. The van der Waals surface area contributed by atoms with Crippen LogP contribution in [0, 0.1) is 0 Å². The molecule has 5 heteroatoms. The zero-order valence-electron chi connectivity index (χ0n) is 12.2. The van der Waals surface area contributed by atoms with Crippen molar-refractivity contribution in [3.63, 3.8) is 0 Å². The molecular weight excluding hydrogens is 254 g/mol. The van der Waals surface area contributed by atoms with Gasteiger partial charge in [0.15, 0.2) is 5.75 Å². The molecule has 1 heterocycles. The normalized spacial score (nSPS) is 12.2. The molecule has 5 nitrogen and oxygen atoms in total. The van der Waals surface area contributed by atoms with Gasteiger partial charge in [-0.25, -0.2) is 0 Å². The Bertz CT molecular complexity index is 544. The van der Waals surface area contributed by atoms with Gasteiger partial charge in [-0.15, -0.1) is 0 Å². The van der Waals surface area contributed by atoms with Crippen molar-refractivity contribution in [3.8, 4) is 11.5 Å². The first-order valence-corrected chi connectivity index (χ1v) is 6.79. The summed E-state index contributed by atoms with van der Waals surface area (Å²) in [6.45, 7) is 5.33. The van der Waals surface area contributed by atoms with Gasteiger partial charge in [0.25, 0.3) is 0 Å². The number of ether oxygens (including phenoxy) is 2. The highest BCUT2D eigenvalue weighted by molar-refractivity contribution is 5.43. The van der Waals surface area contributed by atoms with Gasteiger partial charge in [-0.05, 0) is 19.9 Å². The SMILES string of the molecule is CCOc1ccccc1C(N)c1c(OC)cnn1CC. The maximum atomic E-state index is 6.42. The number of nitrogens with zero attached hydrogens (tertiary/aromatic N) is 2. The number of aryl methyl sites for hydroxylation is 1. The van der Waals surface area contributed by atoms with Gasteiger partial charge in [-0.1, -0.05) is 18.2 Å². The Morgan fingerprint density at radius 2 is 2.00 bits per heavy atom. The van der Waals surface area contributed by atoms with Crippen molar-refractivity contribution >= 4 is 0 Å². The van der Waals surface area contributed by atoms with Crippen molar-refractivity contribution in [2.24, 2.45) is 5.73 Å². The molecule has 0 saturated heterocycles. The lowest BCUT2D eigenvalue weighted by atomic mass is 10.0. The molecule has 1 unspecified atom stereocenters. The fourth-order valence-corrected chi connectivity index (χ4v) is 2.27. The summed E-state index contributed by atoms with van der Waals surface area (Å²) in [5.74, 6) is 1.50. The van der Waals surface area contributed by atoms with Gasteiger partial charge in [-0.2, -0.15) is 5.10 Å². The third-order valence-corrected chi connectivity index (χ3v) is 3.21. The van der Waals surface area contributed by atoms with Gasteiger partial charge in [0, 0.05) is 12.1 Å². The Morgan fingerprint density at radius 3 is 2.65 bits per heavy atom. The smallest absolute Gasteiger partial charge is 0.161 e. The molecule has 0 aliphatic heterocycles. The van der Waals surface area contributed by atoms with E-state index in [9.17, 15) is 0 Å². The zero-order valence-corrected chi connectivity index (χ0v) is 12.2. The second-order valence-electron chi connectivity index (χ2n) is 4.36. The van der Waals surface area contributed by atoms with Crippen LogP contribution >= 0.6 is 0 Å². The van der Waals surface area contributed by atoms with Crippen LogP contribution in [0.4, 0.5) is 0 Å². The molecule has 0 fully saturated rings. The molecule has 0 amide bonds. The quantitative estimate of drug-likeness (QED) is 0.879. The molecule has 0 saturated carbocycles. The molecule has 0 radical (unpaired) electrons. The second kappa shape index (κ2) is 6.43. The average molecular weight is 275 g/mol. The number of nitrogens with two attached hydrogens (primary N) is 1. The minimum atomic E-state index is -0.338. The standard InChI is InChI=1S/C15H21N3O2/c1-4-18-15(13(19-3)10-17-18)14(16)11-8-6-7-9-12(11)20-5-2/h6-10,14H,4-5,16H2,1-3H3. The van der Waals surface area contributed by atoms with Crippen LogP contribution in [0.2, 0.25) is 0 Å². The topological polar surface area (TPSA) is 62.3 Å². The number of aromatic nitrogens is 2. The first-order chi connectivity index (χ1) is 9.72. The van der Waals surface area contributed by atoms with Crippen molar-refractivity contribution in [1.29, 1.82) is 0 Å². The molecule has 0 bridgehead atoms. The monoisotopic (exact) mass is 275 g/mol. The van der Waals surface area contributed by atoms with Crippen LogP contribution in [-0.2, 0) is 6.54 Å². The summed E-state index contributed by atoms with van der Waals surface area (Å²) in [6, 6.07) is 7.46. The van der Waals surface area contributed by atoms with E-state index in [1.165, 1.54) is 0 Å². The van der Waals surface area contributed by atoms with Gasteiger partial charge in [-0.3, -0.25) is 4.68 Å². The van der Waals surface area contributed by atoms with Crippen LogP contribution < -0.4 is 15.2 Å². The third-order valence-electron chi connectivity index (χ3n) is 3.21. The Morgan fingerprint density at radius 1 is 1.25 bits per heavy atom. The fraction of sp³-hybridized carbons (Fsp3) is 0.400. The van der Waals surface area contributed by atoms with E-state index < -0.39 is 0 Å². The van der Waals surface area contributed by atoms with Crippen LogP contribution in [0.3, 0.4) is 0 Å². The van der Waals surface area contributed by atoms with Crippen LogP contribution in [0.15, 0.2) is 30.5 Å². The van der Waals surface area contributed by atoms with Crippen LogP contribution in [0.5, 0.6) is 11.5 Å². The van der Waals surface area contributed by atoms with Crippen molar-refractivity contribution in [2.45, 2.75) is 26.4 Å². The number of hydrogen-bond donors (Lipinski definition) is 1. The summed E-state index contributed by atoms with van der Waals surface area (Å²) < 4.78 is 12.9. The maximum absolute atomic E-state index is 6.42. The number of methoxy groups -OCH3 is 1. The minimum Gasteiger partial charge on any atom is -0.494 e. The summed E-state index contributed by atoms with van der Waals surface area (Å²) in [5, 5.41) is 4.30. The van der Waals surface area contributed by atoms with E-state index in [4.69, 9.17) is 15.2 Å². The maximum Gasteiger partial charge on any atom is 0.161 e. The molecule has 20 heavy (non-hydrogen) atoms. The fourth-order valence-electron chi connectivity index (χ4n) is 2.27. The Hall–Kier alpha value is -2.01. The molecular formula is C15H21N3O2. The number of para-hydroxylation sites is 1. The molecule has 1 aromatic heterocycles. The highest BCUT2D eigenvalue weighted by Gasteiger charge is 2.22. The van der Waals surface area contributed by atoms with E-state index in [0.717, 1.165) is 23.6 Å². The van der Waals surface area contributed by atoms with Crippen molar-refractivity contribution < 1.29 is 9.47 Å². The predicted molar refractivity (Wildman–Crippen MR) is 78.1 cm³/mol. The number of benzene rings is 1. The first-order valence-electron chi connectivity index (χ1n) is 6.79. The predicted octanol–water partition coefficient (Wildman–Crippen LogP) is 2.36. The molecule has 1 aromatic carbocycles. The van der Waals surface area contributed by atoms with Gasteiger partial charge >= 0.3 is 0 Å². The second-order valence-corrected chi connectivity index (χ2v) is 4.36. The van der Waals surface area contributed by atoms with E-state index in [0.29, 0.717) is 12.4 Å². The summed E-state index contributed by atoms with van der Waals surface area (Å²) in [6.07, 6.45) is 1.70. The summed E-state index contributed by atoms with van der Waals surface area (Å²) in [5.41, 5.74) is 8.22. The van der Waals surface area contributed by atoms with E-state index in [2.05, 4.69) is 5.10 Å². The molecule has 0 aliphatic rings. The number of hydrogen-bond acceptors (Lipinski definition) is 4. The lowest BCUT2D eigenvalue weighted by molar-refractivity contribution is 0.334. The highest BCUT2D eigenvalue weighted by atomic mass is 16.5. The highest BCUT2D eigenvalue weighted by Crippen LogP contribution is 2.33. The van der Waals surface area contributed by atoms with E-state index in [1.54, 1.807) is 13.3 Å². The molecule has 1 atom stereocenters. The van der Waals surface area contributed by atoms with Crippen LogP contribution in [0.25, 0.3) is 0 Å².